The summed E-state index contributed by atoms with van der Waals surface area (Å²) in [5.41, 5.74) is 6.58. The zero-order chi connectivity index (χ0) is 16.2. The molecule has 4 unspecified atom stereocenters. The molecule has 3 aliphatic rings. The minimum Gasteiger partial charge on any atom is -0.353 e. The summed E-state index contributed by atoms with van der Waals surface area (Å²) < 4.78 is 0. The fraction of sp³-hybridized carbons (Fsp3) is 0.933. The smallest absolute Gasteiger partial charge is 0.224 e. The molecular weight excluding hydrogens is 355 g/mol. The summed E-state index contributed by atoms with van der Waals surface area (Å²) in [6, 6.07) is 0.293. The highest BCUT2D eigenvalue weighted by atomic mass is 35.5. The van der Waals surface area contributed by atoms with Gasteiger partial charge in [-0.05, 0) is 44.9 Å². The number of thioether (sulfide) groups is 1. The molecule has 0 radical (unpaired) electrons. The molecule has 4 N–H and O–H groups in total. The summed E-state index contributed by atoms with van der Waals surface area (Å²) in [6.07, 6.45) is 6.84. The number of hydrazine groups is 1. The van der Waals surface area contributed by atoms with Gasteiger partial charge in [-0.25, -0.2) is 10.9 Å². The van der Waals surface area contributed by atoms with Crippen LogP contribution in [0.25, 0.3) is 0 Å². The number of hydrogen-bond donors (Lipinski definition) is 4. The molecule has 0 aromatic heterocycles. The fourth-order valence-corrected chi connectivity index (χ4v) is 5.54. The Hall–Kier alpha value is 0.280. The SMILES string of the molecule is O=C(NC1CCC(SC2NCNN2)CC1)C1CC(Cl)CCC1Cl. The molecule has 4 atom stereocenters. The van der Waals surface area contributed by atoms with Crippen molar-refractivity contribution in [3.8, 4) is 0 Å². The standard InChI is InChI=1S/C15H26Cl2N4OS/c16-9-1-6-13(17)12(7-9)14(22)20-10-2-4-11(5-3-10)23-15-18-8-19-21-15/h9-13,15,18-19,21H,1-8H2,(H,20,22). The minimum absolute atomic E-state index is 0.0658. The first kappa shape index (κ1) is 18.1. The monoisotopic (exact) mass is 380 g/mol. The Morgan fingerprint density at radius 3 is 2.57 bits per heavy atom. The van der Waals surface area contributed by atoms with Crippen molar-refractivity contribution in [2.75, 3.05) is 6.67 Å². The maximum atomic E-state index is 12.5. The maximum absolute atomic E-state index is 12.5. The quantitative estimate of drug-likeness (QED) is 0.562. The van der Waals surface area contributed by atoms with Gasteiger partial charge in [-0.15, -0.1) is 35.0 Å². The second kappa shape index (κ2) is 8.59. The molecule has 23 heavy (non-hydrogen) atoms. The number of nitrogens with one attached hydrogen (secondary N) is 4. The molecule has 5 nitrogen and oxygen atoms in total. The molecule has 1 saturated heterocycles. The van der Waals surface area contributed by atoms with Crippen LogP contribution in [0, 0.1) is 5.92 Å². The van der Waals surface area contributed by atoms with Gasteiger partial charge in [0, 0.05) is 22.0 Å². The van der Waals surface area contributed by atoms with E-state index in [1.54, 1.807) is 0 Å². The molecule has 8 heteroatoms. The van der Waals surface area contributed by atoms with Gasteiger partial charge in [-0.3, -0.25) is 10.1 Å². The van der Waals surface area contributed by atoms with Crippen LogP contribution >= 0.6 is 35.0 Å². The first-order valence-electron chi connectivity index (χ1n) is 8.57. The molecular formula is C15H26Cl2N4OS. The van der Waals surface area contributed by atoms with Crippen molar-refractivity contribution < 1.29 is 4.79 Å². The van der Waals surface area contributed by atoms with E-state index < -0.39 is 0 Å². The van der Waals surface area contributed by atoms with Crippen molar-refractivity contribution in [1.82, 2.24) is 21.5 Å². The topological polar surface area (TPSA) is 65.2 Å². The summed E-state index contributed by atoms with van der Waals surface area (Å²) in [4.78, 5) is 12.5. The highest BCUT2D eigenvalue weighted by molar-refractivity contribution is 8.00. The molecule has 2 aliphatic carbocycles. The number of carbonyl (C=O) groups excluding carboxylic acids is 1. The lowest BCUT2D eigenvalue weighted by molar-refractivity contribution is -0.126. The van der Waals surface area contributed by atoms with Crippen LogP contribution in [0.3, 0.4) is 0 Å². The molecule has 1 heterocycles. The number of carbonyl (C=O) groups is 1. The highest BCUT2D eigenvalue weighted by Gasteiger charge is 2.35. The lowest BCUT2D eigenvalue weighted by Gasteiger charge is -2.33. The van der Waals surface area contributed by atoms with Gasteiger partial charge >= 0.3 is 0 Å². The van der Waals surface area contributed by atoms with Crippen LogP contribution < -0.4 is 21.5 Å². The Morgan fingerprint density at radius 2 is 1.87 bits per heavy atom. The van der Waals surface area contributed by atoms with E-state index >= 15 is 0 Å². The Labute approximate surface area is 152 Å². The van der Waals surface area contributed by atoms with E-state index in [1.165, 1.54) is 0 Å². The van der Waals surface area contributed by atoms with Crippen LogP contribution in [0.1, 0.15) is 44.9 Å². The van der Waals surface area contributed by atoms with Gasteiger partial charge in [0.15, 0.2) is 0 Å². The van der Waals surface area contributed by atoms with Crippen LogP contribution in [-0.4, -0.2) is 40.1 Å². The van der Waals surface area contributed by atoms with Gasteiger partial charge in [0.1, 0.15) is 5.50 Å². The van der Waals surface area contributed by atoms with E-state index in [0.717, 1.165) is 45.2 Å². The van der Waals surface area contributed by atoms with Gasteiger partial charge in [-0.2, -0.15) is 0 Å². The zero-order valence-corrected chi connectivity index (χ0v) is 15.5. The van der Waals surface area contributed by atoms with E-state index in [9.17, 15) is 4.79 Å². The average molecular weight is 381 g/mol. The number of halogens is 2. The van der Waals surface area contributed by atoms with Gasteiger partial charge in [-0.1, -0.05) is 0 Å². The Balaban J connectivity index is 1.40. The minimum atomic E-state index is -0.127. The normalized spacial score (nSPS) is 41.7. The lowest BCUT2D eigenvalue weighted by atomic mass is 9.87. The van der Waals surface area contributed by atoms with Crippen LogP contribution in [0.15, 0.2) is 0 Å². The third kappa shape index (κ3) is 5.13. The van der Waals surface area contributed by atoms with Crippen molar-refractivity contribution in [3.05, 3.63) is 0 Å². The molecule has 0 aromatic rings. The Kier molecular flexibility index (Phi) is 6.75. The van der Waals surface area contributed by atoms with Crippen molar-refractivity contribution in [1.29, 1.82) is 0 Å². The van der Waals surface area contributed by atoms with Gasteiger partial charge in [0.05, 0.1) is 12.6 Å². The molecule has 132 valence electrons. The molecule has 3 fully saturated rings. The Morgan fingerprint density at radius 1 is 1.09 bits per heavy atom. The van der Waals surface area contributed by atoms with E-state index in [2.05, 4.69) is 21.5 Å². The van der Waals surface area contributed by atoms with E-state index in [4.69, 9.17) is 23.2 Å². The van der Waals surface area contributed by atoms with E-state index in [0.29, 0.717) is 23.2 Å². The Bertz CT molecular complexity index is 403. The summed E-state index contributed by atoms with van der Waals surface area (Å²) in [6.45, 7) is 0.811. The lowest BCUT2D eigenvalue weighted by Crippen LogP contribution is -2.45. The first-order chi connectivity index (χ1) is 11.1. The van der Waals surface area contributed by atoms with Crippen LogP contribution in [0.5, 0.6) is 0 Å². The predicted octanol–water partition coefficient (Wildman–Crippen LogP) is 2.10. The summed E-state index contributed by atoms with van der Waals surface area (Å²) >= 11 is 14.5. The van der Waals surface area contributed by atoms with Crippen molar-refractivity contribution in [2.24, 2.45) is 5.92 Å². The number of amides is 1. The molecule has 0 spiro atoms. The second-order valence-corrected chi connectivity index (χ2v) is 9.32. The molecule has 3 rings (SSSR count). The van der Waals surface area contributed by atoms with Crippen molar-refractivity contribution >= 4 is 40.9 Å². The number of alkyl halides is 2. The summed E-state index contributed by atoms with van der Waals surface area (Å²) in [5.74, 6) is -0.0206. The first-order valence-corrected chi connectivity index (χ1v) is 10.4. The van der Waals surface area contributed by atoms with Gasteiger partial charge < -0.3 is 5.32 Å². The van der Waals surface area contributed by atoms with Crippen LogP contribution in [0.2, 0.25) is 0 Å². The predicted molar refractivity (Wildman–Crippen MR) is 96.5 cm³/mol. The van der Waals surface area contributed by atoms with Gasteiger partial charge in [0.2, 0.25) is 5.91 Å². The number of hydrogen-bond acceptors (Lipinski definition) is 5. The largest absolute Gasteiger partial charge is 0.353 e. The summed E-state index contributed by atoms with van der Waals surface area (Å²) in [5, 5.41) is 7.24. The summed E-state index contributed by atoms with van der Waals surface area (Å²) in [7, 11) is 0. The van der Waals surface area contributed by atoms with E-state index in [1.807, 2.05) is 11.8 Å². The molecule has 0 aromatic carbocycles. The van der Waals surface area contributed by atoms with Crippen molar-refractivity contribution in [3.63, 3.8) is 0 Å². The third-order valence-electron chi connectivity index (χ3n) is 5.00. The average Bonchev–Trinajstić information content (AvgIpc) is 3.04. The molecule has 1 amide bonds. The zero-order valence-electron chi connectivity index (χ0n) is 13.2. The molecule has 1 aliphatic heterocycles. The highest BCUT2D eigenvalue weighted by Crippen LogP contribution is 2.33. The molecule has 2 saturated carbocycles. The molecule has 0 bridgehead atoms. The van der Waals surface area contributed by atoms with Crippen LogP contribution in [0.4, 0.5) is 0 Å². The fourth-order valence-electron chi connectivity index (χ4n) is 3.62. The second-order valence-electron chi connectivity index (χ2n) is 6.73. The van der Waals surface area contributed by atoms with E-state index in [-0.39, 0.29) is 22.6 Å². The number of rotatable bonds is 4. The van der Waals surface area contributed by atoms with Crippen LogP contribution in [-0.2, 0) is 4.79 Å². The maximum Gasteiger partial charge on any atom is 0.224 e. The van der Waals surface area contributed by atoms with Crippen molar-refractivity contribution in [2.45, 2.75) is 72.5 Å². The third-order valence-corrected chi connectivity index (χ3v) is 7.33. The van der Waals surface area contributed by atoms with Gasteiger partial charge in [0.25, 0.3) is 0 Å².